The standard InChI is InChI=1S/C8H13N3O4S/c1-6-5-11-15-7(6)8(12)10-3-2-4-16(9,13)14/h5H,2-4H2,1H3,(H,10,12)(H2,9,13,14). The Labute approximate surface area is 93.0 Å². The van der Waals surface area contributed by atoms with E-state index >= 15 is 0 Å². The lowest BCUT2D eigenvalue weighted by molar-refractivity contribution is 0.0916. The number of primary sulfonamides is 1. The van der Waals surface area contributed by atoms with E-state index in [0.29, 0.717) is 5.56 Å². The van der Waals surface area contributed by atoms with Gasteiger partial charge in [-0.3, -0.25) is 4.79 Å². The van der Waals surface area contributed by atoms with E-state index in [-0.39, 0.29) is 24.5 Å². The molecular formula is C8H13N3O4S. The minimum Gasteiger partial charge on any atom is -0.351 e. The van der Waals surface area contributed by atoms with Crippen molar-refractivity contribution in [3.05, 3.63) is 17.5 Å². The molecule has 1 rings (SSSR count). The molecule has 0 aromatic carbocycles. The van der Waals surface area contributed by atoms with E-state index in [1.807, 2.05) is 0 Å². The molecule has 0 saturated carbocycles. The first-order valence-electron chi connectivity index (χ1n) is 4.60. The van der Waals surface area contributed by atoms with Gasteiger partial charge in [0.15, 0.2) is 0 Å². The monoisotopic (exact) mass is 247 g/mol. The molecule has 3 N–H and O–H groups in total. The molecule has 0 atom stereocenters. The van der Waals surface area contributed by atoms with Crippen LogP contribution in [0.3, 0.4) is 0 Å². The van der Waals surface area contributed by atoms with Crippen LogP contribution in [0.1, 0.15) is 22.5 Å². The Bertz CT molecular complexity index is 465. The predicted molar refractivity (Wildman–Crippen MR) is 56.2 cm³/mol. The summed E-state index contributed by atoms with van der Waals surface area (Å²) in [5.41, 5.74) is 0.629. The molecule has 0 saturated heterocycles. The highest BCUT2D eigenvalue weighted by Crippen LogP contribution is 2.04. The summed E-state index contributed by atoms with van der Waals surface area (Å²) in [6.07, 6.45) is 1.69. The van der Waals surface area contributed by atoms with Gasteiger partial charge in [-0.05, 0) is 13.3 Å². The van der Waals surface area contributed by atoms with Crippen LogP contribution in [0.2, 0.25) is 0 Å². The van der Waals surface area contributed by atoms with Gasteiger partial charge in [-0.25, -0.2) is 13.6 Å². The largest absolute Gasteiger partial charge is 0.351 e. The number of nitrogens with zero attached hydrogens (tertiary/aromatic N) is 1. The van der Waals surface area contributed by atoms with Gasteiger partial charge < -0.3 is 9.84 Å². The number of sulfonamides is 1. The molecule has 0 aliphatic carbocycles. The van der Waals surface area contributed by atoms with E-state index in [1.54, 1.807) is 6.92 Å². The SMILES string of the molecule is Cc1cnoc1C(=O)NCCCS(N)(=O)=O. The lowest BCUT2D eigenvalue weighted by atomic mass is 10.3. The van der Waals surface area contributed by atoms with E-state index in [1.165, 1.54) is 6.20 Å². The van der Waals surface area contributed by atoms with Crippen molar-refractivity contribution in [1.82, 2.24) is 10.5 Å². The van der Waals surface area contributed by atoms with Gasteiger partial charge in [0.1, 0.15) is 0 Å². The number of carbonyl (C=O) groups is 1. The maximum Gasteiger partial charge on any atom is 0.290 e. The van der Waals surface area contributed by atoms with Crippen LogP contribution in [-0.2, 0) is 10.0 Å². The summed E-state index contributed by atoms with van der Waals surface area (Å²) in [4.78, 5) is 11.4. The van der Waals surface area contributed by atoms with Gasteiger partial charge in [-0.15, -0.1) is 0 Å². The molecule has 7 nitrogen and oxygen atoms in total. The van der Waals surface area contributed by atoms with Crippen molar-refractivity contribution in [1.29, 1.82) is 0 Å². The normalized spacial score (nSPS) is 11.4. The molecule has 0 aliphatic heterocycles. The number of amides is 1. The second-order valence-corrected chi connectivity index (χ2v) is 5.05. The highest BCUT2D eigenvalue weighted by atomic mass is 32.2. The van der Waals surface area contributed by atoms with Crippen LogP contribution >= 0.6 is 0 Å². The van der Waals surface area contributed by atoms with Crippen LogP contribution < -0.4 is 10.5 Å². The second kappa shape index (κ2) is 5.08. The lowest BCUT2D eigenvalue weighted by Gasteiger charge is -2.02. The molecule has 0 fully saturated rings. The first kappa shape index (κ1) is 12.7. The molecule has 1 aromatic rings. The third-order valence-corrected chi connectivity index (χ3v) is 2.70. The van der Waals surface area contributed by atoms with E-state index in [4.69, 9.17) is 9.66 Å². The Kier molecular flexibility index (Phi) is 4.02. The van der Waals surface area contributed by atoms with Crippen molar-refractivity contribution in [3.63, 3.8) is 0 Å². The summed E-state index contributed by atoms with van der Waals surface area (Å²) in [6, 6.07) is 0. The summed E-state index contributed by atoms with van der Waals surface area (Å²) in [7, 11) is -3.47. The van der Waals surface area contributed by atoms with Crippen LogP contribution in [-0.4, -0.2) is 31.8 Å². The molecule has 1 aromatic heterocycles. The average Bonchev–Trinajstić information content (AvgIpc) is 2.57. The highest BCUT2D eigenvalue weighted by molar-refractivity contribution is 7.89. The Morgan fingerprint density at radius 2 is 2.31 bits per heavy atom. The van der Waals surface area contributed by atoms with Gasteiger partial charge in [-0.2, -0.15) is 0 Å². The quantitative estimate of drug-likeness (QED) is 0.673. The van der Waals surface area contributed by atoms with Crippen LogP contribution in [0.25, 0.3) is 0 Å². The second-order valence-electron chi connectivity index (χ2n) is 3.31. The van der Waals surface area contributed by atoms with Crippen molar-refractivity contribution < 1.29 is 17.7 Å². The minimum atomic E-state index is -3.47. The van der Waals surface area contributed by atoms with E-state index < -0.39 is 15.9 Å². The summed E-state index contributed by atoms with van der Waals surface area (Å²) < 4.78 is 25.9. The molecule has 90 valence electrons. The Balaban J connectivity index is 2.35. The predicted octanol–water partition coefficient (Wildman–Crippen LogP) is -0.609. The fraction of sp³-hybridized carbons (Fsp3) is 0.500. The Hall–Kier alpha value is -1.41. The zero-order valence-electron chi connectivity index (χ0n) is 8.76. The maximum absolute atomic E-state index is 11.4. The molecule has 16 heavy (non-hydrogen) atoms. The topological polar surface area (TPSA) is 115 Å². The van der Waals surface area contributed by atoms with Gasteiger partial charge in [0.25, 0.3) is 5.91 Å². The molecule has 1 amide bonds. The van der Waals surface area contributed by atoms with Crippen molar-refractivity contribution in [3.8, 4) is 0 Å². The van der Waals surface area contributed by atoms with E-state index in [9.17, 15) is 13.2 Å². The molecular weight excluding hydrogens is 234 g/mol. The average molecular weight is 247 g/mol. The van der Waals surface area contributed by atoms with Crippen LogP contribution in [0.4, 0.5) is 0 Å². The molecule has 0 unspecified atom stereocenters. The van der Waals surface area contributed by atoms with Crippen LogP contribution in [0.15, 0.2) is 10.7 Å². The first-order chi connectivity index (χ1) is 7.40. The number of rotatable bonds is 5. The van der Waals surface area contributed by atoms with Gasteiger partial charge in [0, 0.05) is 12.1 Å². The molecule has 8 heteroatoms. The highest BCUT2D eigenvalue weighted by Gasteiger charge is 2.13. The van der Waals surface area contributed by atoms with Gasteiger partial charge in [-0.1, -0.05) is 5.16 Å². The number of carbonyl (C=O) groups excluding carboxylic acids is 1. The van der Waals surface area contributed by atoms with Gasteiger partial charge in [0.2, 0.25) is 15.8 Å². The zero-order valence-corrected chi connectivity index (χ0v) is 9.58. The summed E-state index contributed by atoms with van der Waals surface area (Å²) >= 11 is 0. The van der Waals surface area contributed by atoms with Crippen molar-refractivity contribution in [2.45, 2.75) is 13.3 Å². The Morgan fingerprint density at radius 1 is 1.62 bits per heavy atom. The van der Waals surface area contributed by atoms with Crippen molar-refractivity contribution >= 4 is 15.9 Å². The zero-order chi connectivity index (χ0) is 12.2. The summed E-state index contributed by atoms with van der Waals surface area (Å²) in [5.74, 6) is -0.442. The summed E-state index contributed by atoms with van der Waals surface area (Å²) in [6.45, 7) is 1.91. The molecule has 1 heterocycles. The lowest BCUT2D eigenvalue weighted by Crippen LogP contribution is -2.27. The molecule has 0 aliphatic rings. The fourth-order valence-electron chi connectivity index (χ4n) is 1.06. The van der Waals surface area contributed by atoms with Gasteiger partial charge in [0.05, 0.1) is 11.9 Å². The number of nitrogens with one attached hydrogen (secondary N) is 1. The minimum absolute atomic E-state index is 0.135. The third-order valence-electron chi connectivity index (χ3n) is 1.85. The van der Waals surface area contributed by atoms with Gasteiger partial charge >= 0.3 is 0 Å². The first-order valence-corrected chi connectivity index (χ1v) is 6.31. The fourth-order valence-corrected chi connectivity index (χ4v) is 1.61. The number of aromatic nitrogens is 1. The number of nitrogens with two attached hydrogens (primary N) is 1. The Morgan fingerprint density at radius 3 is 2.81 bits per heavy atom. The van der Waals surface area contributed by atoms with Crippen LogP contribution in [0.5, 0.6) is 0 Å². The van der Waals surface area contributed by atoms with Crippen molar-refractivity contribution in [2.75, 3.05) is 12.3 Å². The number of hydrogen-bond donors (Lipinski definition) is 2. The maximum atomic E-state index is 11.4. The van der Waals surface area contributed by atoms with E-state index in [2.05, 4.69) is 10.5 Å². The molecule has 0 radical (unpaired) electrons. The van der Waals surface area contributed by atoms with Crippen LogP contribution in [0, 0.1) is 6.92 Å². The number of hydrogen-bond acceptors (Lipinski definition) is 5. The smallest absolute Gasteiger partial charge is 0.290 e. The molecule has 0 bridgehead atoms. The van der Waals surface area contributed by atoms with Crippen molar-refractivity contribution in [2.24, 2.45) is 5.14 Å². The third kappa shape index (κ3) is 3.99. The van der Waals surface area contributed by atoms with E-state index in [0.717, 1.165) is 0 Å². The summed E-state index contributed by atoms with van der Waals surface area (Å²) in [5, 5.41) is 10.8. The number of aryl methyl sites for hydroxylation is 1. The molecule has 0 spiro atoms.